The number of rotatable bonds is 9. The van der Waals surface area contributed by atoms with E-state index in [0.717, 1.165) is 32.4 Å². The lowest BCUT2D eigenvalue weighted by molar-refractivity contribution is 0.282. The molecule has 2 N–H and O–H groups in total. The summed E-state index contributed by atoms with van der Waals surface area (Å²) in [5.41, 5.74) is 1.38. The van der Waals surface area contributed by atoms with Crippen molar-refractivity contribution in [2.45, 2.75) is 52.6 Å². The summed E-state index contributed by atoms with van der Waals surface area (Å²) in [5, 5.41) is 12.3. The zero-order valence-electron chi connectivity index (χ0n) is 12.0. The zero-order chi connectivity index (χ0) is 13.4. The summed E-state index contributed by atoms with van der Waals surface area (Å²) in [6, 6.07) is 2.67. The molecule has 0 amide bonds. The maximum atomic E-state index is 8.75. The molecule has 0 aliphatic rings. The third kappa shape index (κ3) is 4.83. The van der Waals surface area contributed by atoms with Crippen LogP contribution in [0.15, 0.2) is 18.5 Å². The molecule has 0 aliphatic carbocycles. The SMILES string of the molecule is CCNC(c1ccn(CCCCCO)c1)C(C)C. The second-order valence-corrected chi connectivity index (χ2v) is 5.25. The molecular weight excluding hydrogens is 224 g/mol. The fraction of sp³-hybridized carbons (Fsp3) is 0.733. The molecule has 1 rings (SSSR count). The van der Waals surface area contributed by atoms with E-state index < -0.39 is 0 Å². The Morgan fingerprint density at radius 3 is 2.67 bits per heavy atom. The van der Waals surface area contributed by atoms with Crippen molar-refractivity contribution in [3.05, 3.63) is 24.0 Å². The standard InChI is InChI=1S/C15H28N2O/c1-4-16-15(13(2)3)14-8-10-17(12-14)9-6-5-7-11-18/h8,10,12-13,15-16,18H,4-7,9,11H2,1-3H3. The van der Waals surface area contributed by atoms with Crippen LogP contribution in [0.5, 0.6) is 0 Å². The molecule has 1 heterocycles. The molecule has 0 radical (unpaired) electrons. The van der Waals surface area contributed by atoms with Gasteiger partial charge in [0.1, 0.15) is 0 Å². The Morgan fingerprint density at radius 1 is 1.28 bits per heavy atom. The minimum absolute atomic E-state index is 0.312. The summed E-state index contributed by atoms with van der Waals surface area (Å²) in [6.45, 7) is 9.04. The van der Waals surface area contributed by atoms with Crippen molar-refractivity contribution in [2.75, 3.05) is 13.2 Å². The van der Waals surface area contributed by atoms with Gasteiger partial charge in [-0.05, 0) is 43.4 Å². The van der Waals surface area contributed by atoms with E-state index in [4.69, 9.17) is 5.11 Å². The third-order valence-electron chi connectivity index (χ3n) is 3.30. The maximum absolute atomic E-state index is 8.75. The average molecular weight is 252 g/mol. The number of nitrogens with zero attached hydrogens (tertiary/aromatic N) is 1. The summed E-state index contributed by atoms with van der Waals surface area (Å²) < 4.78 is 2.26. The van der Waals surface area contributed by atoms with Gasteiger partial charge in [-0.3, -0.25) is 0 Å². The van der Waals surface area contributed by atoms with Gasteiger partial charge >= 0.3 is 0 Å². The van der Waals surface area contributed by atoms with E-state index >= 15 is 0 Å². The maximum Gasteiger partial charge on any atom is 0.0431 e. The van der Waals surface area contributed by atoms with Gasteiger partial charge in [-0.1, -0.05) is 20.8 Å². The Labute approximate surface area is 111 Å². The predicted octanol–water partition coefficient (Wildman–Crippen LogP) is 2.96. The zero-order valence-corrected chi connectivity index (χ0v) is 12.0. The number of unbranched alkanes of at least 4 members (excludes halogenated alkanes) is 2. The van der Waals surface area contributed by atoms with Crippen molar-refractivity contribution in [2.24, 2.45) is 5.92 Å². The summed E-state index contributed by atoms with van der Waals surface area (Å²) in [7, 11) is 0. The largest absolute Gasteiger partial charge is 0.396 e. The number of aliphatic hydroxyl groups excluding tert-OH is 1. The normalized spacial score (nSPS) is 13.2. The van der Waals surface area contributed by atoms with Crippen molar-refractivity contribution in [3.63, 3.8) is 0 Å². The molecule has 0 spiro atoms. The predicted molar refractivity (Wildman–Crippen MR) is 76.6 cm³/mol. The lowest BCUT2D eigenvalue weighted by Crippen LogP contribution is -2.25. The molecule has 3 heteroatoms. The average Bonchev–Trinajstić information content (AvgIpc) is 2.79. The van der Waals surface area contributed by atoms with E-state index in [-0.39, 0.29) is 0 Å². The van der Waals surface area contributed by atoms with Crippen molar-refractivity contribution in [1.29, 1.82) is 0 Å². The molecule has 1 aromatic rings. The minimum Gasteiger partial charge on any atom is -0.396 e. The van der Waals surface area contributed by atoms with Crippen LogP contribution in [0.25, 0.3) is 0 Å². The van der Waals surface area contributed by atoms with Gasteiger partial charge in [0.2, 0.25) is 0 Å². The Bertz CT molecular complexity index is 320. The van der Waals surface area contributed by atoms with E-state index in [0.29, 0.717) is 18.6 Å². The van der Waals surface area contributed by atoms with Gasteiger partial charge in [0.05, 0.1) is 0 Å². The highest BCUT2D eigenvalue weighted by molar-refractivity contribution is 5.16. The van der Waals surface area contributed by atoms with Gasteiger partial charge in [0.15, 0.2) is 0 Å². The van der Waals surface area contributed by atoms with Crippen molar-refractivity contribution >= 4 is 0 Å². The van der Waals surface area contributed by atoms with Crippen LogP contribution in [0.2, 0.25) is 0 Å². The number of nitrogens with one attached hydrogen (secondary N) is 1. The first-order valence-corrected chi connectivity index (χ1v) is 7.19. The number of hydrogen-bond acceptors (Lipinski definition) is 2. The summed E-state index contributed by atoms with van der Waals surface area (Å²) in [6.07, 6.45) is 7.58. The topological polar surface area (TPSA) is 37.2 Å². The first kappa shape index (κ1) is 15.3. The molecule has 0 aromatic carbocycles. The van der Waals surface area contributed by atoms with Gasteiger partial charge in [-0.2, -0.15) is 0 Å². The Morgan fingerprint density at radius 2 is 2.06 bits per heavy atom. The highest BCUT2D eigenvalue weighted by Crippen LogP contribution is 2.21. The third-order valence-corrected chi connectivity index (χ3v) is 3.30. The van der Waals surface area contributed by atoms with Crippen LogP contribution in [0, 0.1) is 5.92 Å². The molecular formula is C15H28N2O. The second kappa shape index (κ2) is 8.33. The van der Waals surface area contributed by atoms with Crippen LogP contribution in [0.1, 0.15) is 51.6 Å². The van der Waals surface area contributed by atoms with Crippen LogP contribution >= 0.6 is 0 Å². The van der Waals surface area contributed by atoms with Crippen LogP contribution in [-0.2, 0) is 6.54 Å². The molecule has 1 aromatic heterocycles. The molecule has 0 fully saturated rings. The lowest BCUT2D eigenvalue weighted by atomic mass is 9.98. The number of hydrogen-bond donors (Lipinski definition) is 2. The highest BCUT2D eigenvalue weighted by atomic mass is 16.2. The van der Waals surface area contributed by atoms with Crippen molar-refractivity contribution < 1.29 is 5.11 Å². The monoisotopic (exact) mass is 252 g/mol. The van der Waals surface area contributed by atoms with Gasteiger partial charge in [-0.15, -0.1) is 0 Å². The summed E-state index contributed by atoms with van der Waals surface area (Å²) >= 11 is 0. The molecule has 104 valence electrons. The van der Waals surface area contributed by atoms with Crippen LogP contribution in [0.3, 0.4) is 0 Å². The van der Waals surface area contributed by atoms with Gasteiger partial charge in [0.25, 0.3) is 0 Å². The lowest BCUT2D eigenvalue weighted by Gasteiger charge is -2.20. The summed E-state index contributed by atoms with van der Waals surface area (Å²) in [4.78, 5) is 0. The Kier molecular flexibility index (Phi) is 7.06. The van der Waals surface area contributed by atoms with Gasteiger partial charge in [0, 0.05) is 31.6 Å². The highest BCUT2D eigenvalue weighted by Gasteiger charge is 2.15. The molecule has 0 saturated heterocycles. The Hall–Kier alpha value is -0.800. The van der Waals surface area contributed by atoms with Gasteiger partial charge in [-0.25, -0.2) is 0 Å². The van der Waals surface area contributed by atoms with E-state index in [2.05, 4.69) is 49.1 Å². The molecule has 0 aliphatic heterocycles. The molecule has 1 atom stereocenters. The fourth-order valence-corrected chi connectivity index (χ4v) is 2.32. The van der Waals surface area contributed by atoms with Crippen LogP contribution in [0.4, 0.5) is 0 Å². The first-order chi connectivity index (χ1) is 8.69. The fourth-order valence-electron chi connectivity index (χ4n) is 2.32. The van der Waals surface area contributed by atoms with Crippen molar-refractivity contribution in [3.8, 4) is 0 Å². The van der Waals surface area contributed by atoms with Crippen LogP contribution in [-0.4, -0.2) is 22.8 Å². The summed E-state index contributed by atoms with van der Waals surface area (Å²) in [5.74, 6) is 0.607. The molecule has 18 heavy (non-hydrogen) atoms. The smallest absolute Gasteiger partial charge is 0.0431 e. The molecule has 0 saturated carbocycles. The molecule has 1 unspecified atom stereocenters. The Balaban J connectivity index is 2.50. The van der Waals surface area contributed by atoms with E-state index in [1.807, 2.05) is 0 Å². The van der Waals surface area contributed by atoms with E-state index in [1.165, 1.54) is 5.56 Å². The number of aryl methyl sites for hydroxylation is 1. The molecule has 0 bridgehead atoms. The van der Waals surface area contributed by atoms with Crippen LogP contribution < -0.4 is 5.32 Å². The second-order valence-electron chi connectivity index (χ2n) is 5.25. The van der Waals surface area contributed by atoms with E-state index in [9.17, 15) is 0 Å². The first-order valence-electron chi connectivity index (χ1n) is 7.19. The van der Waals surface area contributed by atoms with Crippen molar-refractivity contribution in [1.82, 2.24) is 9.88 Å². The van der Waals surface area contributed by atoms with E-state index in [1.54, 1.807) is 0 Å². The number of aliphatic hydroxyl groups is 1. The van der Waals surface area contributed by atoms with Gasteiger partial charge < -0.3 is 15.0 Å². The number of aromatic nitrogens is 1. The molecule has 3 nitrogen and oxygen atoms in total. The minimum atomic E-state index is 0.312. The quantitative estimate of drug-likeness (QED) is 0.663.